The summed E-state index contributed by atoms with van der Waals surface area (Å²) in [4.78, 5) is 4.45. The van der Waals surface area contributed by atoms with Gasteiger partial charge in [0.1, 0.15) is 0 Å². The van der Waals surface area contributed by atoms with E-state index in [1.807, 2.05) is 48.7 Å². The summed E-state index contributed by atoms with van der Waals surface area (Å²) in [5.41, 5.74) is 2.04. The van der Waals surface area contributed by atoms with Crippen LogP contribution in [-0.2, 0) is 52.2 Å². The van der Waals surface area contributed by atoms with Crippen LogP contribution in [0.2, 0.25) is 0 Å². The maximum absolute atomic E-state index is 4.45. The van der Waals surface area contributed by atoms with Gasteiger partial charge in [-0.05, 0) is 22.5 Å². The average Bonchev–Trinajstić information content (AvgIpc) is 2.39. The van der Waals surface area contributed by atoms with Crippen molar-refractivity contribution in [1.82, 2.24) is 4.98 Å². The molecule has 18 heavy (non-hydrogen) atoms. The van der Waals surface area contributed by atoms with Crippen LogP contribution in [0.5, 0.6) is 0 Å². The molecular weight excluding hydrogens is 348 g/mol. The summed E-state index contributed by atoms with van der Waals surface area (Å²) < 4.78 is 0. The maximum atomic E-state index is 4.45. The molecule has 0 unspecified atom stereocenters. The minimum absolute atomic E-state index is 0. The molecule has 3 rings (SSSR count). The molecule has 0 aliphatic rings. The van der Waals surface area contributed by atoms with Gasteiger partial charge in [0.15, 0.2) is 0 Å². The third kappa shape index (κ3) is 3.12. The first-order chi connectivity index (χ1) is 7.95. The predicted octanol–water partition coefficient (Wildman–Crippen LogP) is 3.70. The van der Waals surface area contributed by atoms with Crippen molar-refractivity contribution in [3.63, 3.8) is 0 Å². The van der Waals surface area contributed by atoms with Crippen LogP contribution in [0, 0.1) is 6.07 Å². The van der Waals surface area contributed by atoms with Gasteiger partial charge in [-0.2, -0.15) is 0 Å². The molecule has 1 heterocycles. The average molecular weight is 359 g/mol. The van der Waals surface area contributed by atoms with Crippen molar-refractivity contribution in [3.8, 4) is 11.3 Å². The Kier molecular flexibility index (Phi) is 6.29. The van der Waals surface area contributed by atoms with Crippen molar-refractivity contribution in [1.29, 1.82) is 0 Å². The monoisotopic (exact) mass is 357 g/mol. The summed E-state index contributed by atoms with van der Waals surface area (Å²) in [6.45, 7) is 0. The fraction of sp³-hybridized carbons (Fsp3) is 0. The number of fused-ring (bicyclic) bond motifs is 1. The molecule has 1 aromatic heterocycles. The second-order valence-corrected chi connectivity index (χ2v) is 3.66. The van der Waals surface area contributed by atoms with Crippen molar-refractivity contribution in [2.24, 2.45) is 0 Å². The molecule has 0 aliphatic heterocycles. The van der Waals surface area contributed by atoms with Gasteiger partial charge >= 0.3 is 0 Å². The fourth-order valence-electron chi connectivity index (χ4n) is 1.87. The number of benzene rings is 2. The van der Waals surface area contributed by atoms with E-state index >= 15 is 0 Å². The third-order valence-electron chi connectivity index (χ3n) is 2.64. The zero-order valence-electron chi connectivity index (χ0n) is 10.0. The first kappa shape index (κ1) is 15.6. The van der Waals surface area contributed by atoms with Crippen molar-refractivity contribution in [2.45, 2.75) is 0 Å². The first-order valence-corrected chi connectivity index (χ1v) is 5.26. The standard InChI is InChI=1S/C15H10N.Y.Zn/c1-2-7-13(8-3-1)15-14-9-5-4-6-12(14)10-11-16-15;;/h1-7,9-11H;;/q-1;;. The van der Waals surface area contributed by atoms with Crippen LogP contribution in [0.15, 0.2) is 60.8 Å². The van der Waals surface area contributed by atoms with Crippen LogP contribution in [-0.4, -0.2) is 4.98 Å². The molecule has 0 amide bonds. The van der Waals surface area contributed by atoms with Crippen molar-refractivity contribution in [3.05, 3.63) is 66.9 Å². The minimum atomic E-state index is 0. The van der Waals surface area contributed by atoms with E-state index in [0.29, 0.717) is 0 Å². The van der Waals surface area contributed by atoms with E-state index in [2.05, 4.69) is 23.2 Å². The molecule has 2 aromatic carbocycles. The fourth-order valence-corrected chi connectivity index (χ4v) is 1.87. The van der Waals surface area contributed by atoms with Crippen LogP contribution in [0.1, 0.15) is 0 Å². The van der Waals surface area contributed by atoms with Gasteiger partial charge in [0.25, 0.3) is 0 Å². The van der Waals surface area contributed by atoms with Gasteiger partial charge in [0.2, 0.25) is 0 Å². The van der Waals surface area contributed by atoms with Crippen LogP contribution < -0.4 is 0 Å². The van der Waals surface area contributed by atoms with E-state index < -0.39 is 0 Å². The van der Waals surface area contributed by atoms with Gasteiger partial charge in [0.05, 0.1) is 0 Å². The second-order valence-electron chi connectivity index (χ2n) is 3.66. The number of hydrogen-bond donors (Lipinski definition) is 0. The first-order valence-electron chi connectivity index (χ1n) is 5.26. The Bertz CT molecular complexity index is 620. The molecule has 0 spiro atoms. The number of aromatic nitrogens is 1. The molecule has 3 heteroatoms. The third-order valence-corrected chi connectivity index (χ3v) is 2.64. The van der Waals surface area contributed by atoms with Crippen LogP contribution in [0.25, 0.3) is 22.0 Å². The summed E-state index contributed by atoms with van der Waals surface area (Å²) >= 11 is 0. The molecule has 0 aliphatic carbocycles. The van der Waals surface area contributed by atoms with Gasteiger partial charge in [-0.1, -0.05) is 24.3 Å². The van der Waals surface area contributed by atoms with Crippen LogP contribution in [0.3, 0.4) is 0 Å². The van der Waals surface area contributed by atoms with E-state index in [-0.39, 0.29) is 52.2 Å². The molecule has 0 N–H and O–H groups in total. The van der Waals surface area contributed by atoms with Crippen molar-refractivity contribution < 1.29 is 52.2 Å². The molecule has 0 saturated carbocycles. The summed E-state index contributed by atoms with van der Waals surface area (Å²) in [5, 5.41) is 2.39. The summed E-state index contributed by atoms with van der Waals surface area (Å²) in [6.07, 6.45) is 1.85. The molecule has 1 nitrogen and oxygen atoms in total. The van der Waals surface area contributed by atoms with Gasteiger partial charge in [-0.3, -0.25) is 0 Å². The number of nitrogens with zero attached hydrogens (tertiary/aromatic N) is 1. The Morgan fingerprint density at radius 2 is 1.67 bits per heavy atom. The molecule has 0 fully saturated rings. The van der Waals surface area contributed by atoms with Crippen LogP contribution >= 0.6 is 0 Å². The van der Waals surface area contributed by atoms with E-state index in [4.69, 9.17) is 0 Å². The maximum Gasteiger partial charge on any atom is 0.0167 e. The van der Waals surface area contributed by atoms with Gasteiger partial charge in [0, 0.05) is 58.4 Å². The molecule has 3 aromatic rings. The summed E-state index contributed by atoms with van der Waals surface area (Å²) in [7, 11) is 0. The van der Waals surface area contributed by atoms with Gasteiger partial charge in [-0.25, -0.2) is 0 Å². The molecule has 0 bridgehead atoms. The SMILES string of the molecule is [Y].[Zn].[c-]1ccccc1-c1nccc2ccccc12. The minimum Gasteiger partial charge on any atom is -0.304 e. The number of rotatable bonds is 1. The Morgan fingerprint density at radius 1 is 0.889 bits per heavy atom. The van der Waals surface area contributed by atoms with Gasteiger partial charge in [-0.15, -0.1) is 35.9 Å². The van der Waals surface area contributed by atoms with Crippen molar-refractivity contribution >= 4 is 10.8 Å². The zero-order valence-corrected chi connectivity index (χ0v) is 15.8. The molecule has 0 atom stereocenters. The largest absolute Gasteiger partial charge is 0.304 e. The van der Waals surface area contributed by atoms with Crippen molar-refractivity contribution in [2.75, 3.05) is 0 Å². The normalized spacial score (nSPS) is 9.33. The Morgan fingerprint density at radius 3 is 2.44 bits per heavy atom. The van der Waals surface area contributed by atoms with Crippen LogP contribution in [0.4, 0.5) is 0 Å². The Hall–Kier alpha value is -0.423. The Labute approximate surface area is 145 Å². The molecule has 1 radical (unpaired) electrons. The van der Waals surface area contributed by atoms with Gasteiger partial charge < -0.3 is 4.98 Å². The molecular formula is C15H10NYZn-. The van der Waals surface area contributed by atoms with E-state index in [9.17, 15) is 0 Å². The van der Waals surface area contributed by atoms with E-state index in [1.165, 1.54) is 10.8 Å². The summed E-state index contributed by atoms with van der Waals surface area (Å²) in [5.74, 6) is 0. The quantitative estimate of drug-likeness (QED) is 0.477. The zero-order chi connectivity index (χ0) is 10.8. The Balaban J connectivity index is 0.000000810. The van der Waals surface area contributed by atoms with E-state index in [0.717, 1.165) is 11.3 Å². The smallest absolute Gasteiger partial charge is 0.0167 e. The number of hydrogen-bond acceptors (Lipinski definition) is 1. The summed E-state index contributed by atoms with van der Waals surface area (Å²) in [6, 6.07) is 21.4. The second kappa shape index (κ2) is 7.24. The van der Waals surface area contributed by atoms with E-state index in [1.54, 1.807) is 0 Å². The number of pyridine rings is 1. The predicted molar refractivity (Wildman–Crippen MR) is 66.0 cm³/mol. The molecule has 0 saturated heterocycles. The topological polar surface area (TPSA) is 12.9 Å². The molecule has 81 valence electrons.